The molecular formula is C37H38N6O4S. The molecule has 9 rings (SSSR count). The summed E-state index contributed by atoms with van der Waals surface area (Å²) in [6.45, 7) is 4.17. The fraction of sp³-hybridized carbons (Fsp3) is 0.432. The molecule has 48 heavy (non-hydrogen) atoms. The Kier molecular flexibility index (Phi) is 7.42. The fourth-order valence-electron chi connectivity index (χ4n) is 8.30. The standard InChI is InChI=1S/C37H38N6O4S/c1-20-41-42-36(47-20)30-26(10-8-21-13-17-46-18-14-21)39-33-27-6-4-16-43(27)37(44)32(33)31(30)29-19-22-12-15-38-35(34(22)48-29)40-25-11-9-24-23(25)5-3-7-28(24)45-2/h3,5,7,12,15,19,21,25,27H,4,6,8-11,13-14,16-18H2,1-2H3,(H,38,40)/t25-,27-/m0/s1. The van der Waals surface area contributed by atoms with Crippen molar-refractivity contribution in [3.63, 3.8) is 0 Å². The summed E-state index contributed by atoms with van der Waals surface area (Å²) in [7, 11) is 1.73. The first-order valence-electron chi connectivity index (χ1n) is 17.1. The lowest BCUT2D eigenvalue weighted by atomic mass is 9.90. The van der Waals surface area contributed by atoms with E-state index in [9.17, 15) is 4.79 Å². The molecule has 5 aromatic rings. The first-order chi connectivity index (χ1) is 23.6. The molecule has 2 fully saturated rings. The van der Waals surface area contributed by atoms with Crippen molar-refractivity contribution in [1.29, 1.82) is 0 Å². The van der Waals surface area contributed by atoms with Crippen LogP contribution >= 0.6 is 11.3 Å². The summed E-state index contributed by atoms with van der Waals surface area (Å²) < 4.78 is 18.5. The lowest BCUT2D eigenvalue weighted by Gasteiger charge is -2.22. The van der Waals surface area contributed by atoms with Crippen LogP contribution in [0, 0.1) is 12.8 Å². The van der Waals surface area contributed by atoms with Crippen LogP contribution in [0.5, 0.6) is 5.75 Å². The van der Waals surface area contributed by atoms with Gasteiger partial charge in [-0.05, 0) is 92.0 Å². The van der Waals surface area contributed by atoms with E-state index in [0.717, 1.165) is 120 Å². The summed E-state index contributed by atoms with van der Waals surface area (Å²) in [5.41, 5.74) is 6.70. The number of rotatable bonds is 8. The zero-order chi connectivity index (χ0) is 32.4. The van der Waals surface area contributed by atoms with Crippen LogP contribution in [0.25, 0.3) is 32.0 Å². The van der Waals surface area contributed by atoms with Crippen molar-refractivity contribution in [2.75, 3.05) is 32.2 Å². The number of amides is 1. The third kappa shape index (κ3) is 4.89. The minimum absolute atomic E-state index is 0.0132. The molecule has 0 spiro atoms. The van der Waals surface area contributed by atoms with Crippen LogP contribution in [0.15, 0.2) is 40.9 Å². The molecule has 2 saturated heterocycles. The van der Waals surface area contributed by atoms with E-state index in [1.165, 1.54) is 11.1 Å². The Labute approximate surface area is 282 Å². The first kappa shape index (κ1) is 29.8. The van der Waals surface area contributed by atoms with Gasteiger partial charge in [0.25, 0.3) is 5.91 Å². The number of pyridine rings is 2. The molecule has 10 nitrogen and oxygen atoms in total. The molecule has 0 saturated carbocycles. The van der Waals surface area contributed by atoms with E-state index in [1.54, 1.807) is 25.4 Å². The number of anilines is 1. The Morgan fingerprint density at radius 3 is 2.81 bits per heavy atom. The zero-order valence-electron chi connectivity index (χ0n) is 27.3. The Morgan fingerprint density at radius 2 is 1.98 bits per heavy atom. The Balaban J connectivity index is 1.19. The van der Waals surface area contributed by atoms with Gasteiger partial charge in [0.05, 0.1) is 46.4 Å². The average molecular weight is 663 g/mol. The molecule has 246 valence electrons. The summed E-state index contributed by atoms with van der Waals surface area (Å²) >= 11 is 1.66. The van der Waals surface area contributed by atoms with Gasteiger partial charge in [-0.2, -0.15) is 0 Å². The van der Waals surface area contributed by atoms with Gasteiger partial charge < -0.3 is 24.1 Å². The van der Waals surface area contributed by atoms with E-state index in [1.807, 2.05) is 17.2 Å². The number of benzene rings is 1. The Hall–Kier alpha value is -4.35. The van der Waals surface area contributed by atoms with Crippen molar-refractivity contribution in [2.24, 2.45) is 5.92 Å². The SMILES string of the molecule is COc1cccc2c1CC[C@@H]2Nc1nccc2cc(-c3c4c(nc(CCC5CCOCC5)c3-c3nnc(C)o3)[C@@H]3CCCN3C4=O)sc12. The van der Waals surface area contributed by atoms with Gasteiger partial charge in [0.15, 0.2) is 0 Å². The molecule has 0 unspecified atom stereocenters. The largest absolute Gasteiger partial charge is 0.496 e. The van der Waals surface area contributed by atoms with E-state index in [4.69, 9.17) is 23.9 Å². The van der Waals surface area contributed by atoms with Crippen molar-refractivity contribution >= 4 is 33.1 Å². The molecule has 3 aliphatic heterocycles. The number of aromatic nitrogens is 4. The number of thiophene rings is 1. The third-order valence-electron chi connectivity index (χ3n) is 10.7. The highest BCUT2D eigenvalue weighted by Gasteiger charge is 2.45. The topological polar surface area (TPSA) is 116 Å². The second kappa shape index (κ2) is 12.0. The van der Waals surface area contributed by atoms with Crippen molar-refractivity contribution in [3.05, 3.63) is 70.5 Å². The Bertz CT molecular complexity index is 2050. The van der Waals surface area contributed by atoms with E-state index >= 15 is 0 Å². The smallest absolute Gasteiger partial charge is 0.257 e. The highest BCUT2D eigenvalue weighted by atomic mass is 32.1. The summed E-state index contributed by atoms with van der Waals surface area (Å²) in [4.78, 5) is 27.4. The number of carbonyl (C=O) groups excluding carboxylic acids is 1. The van der Waals surface area contributed by atoms with Gasteiger partial charge >= 0.3 is 0 Å². The number of carbonyl (C=O) groups is 1. The second-order valence-electron chi connectivity index (χ2n) is 13.4. The van der Waals surface area contributed by atoms with E-state index in [2.05, 4.69) is 39.8 Å². The van der Waals surface area contributed by atoms with Crippen LogP contribution in [-0.4, -0.2) is 57.8 Å². The number of nitrogens with one attached hydrogen (secondary N) is 1. The number of fused-ring (bicyclic) bond motifs is 5. The Morgan fingerprint density at radius 1 is 1.08 bits per heavy atom. The molecule has 1 aliphatic carbocycles. The number of nitrogens with zero attached hydrogens (tertiary/aromatic N) is 5. The third-order valence-corrected chi connectivity index (χ3v) is 11.8. The van der Waals surface area contributed by atoms with Crippen molar-refractivity contribution < 1.29 is 18.7 Å². The number of methoxy groups -OCH3 is 1. The molecule has 1 aromatic carbocycles. The zero-order valence-corrected chi connectivity index (χ0v) is 28.1. The van der Waals surface area contributed by atoms with Crippen LogP contribution in [0.1, 0.15) is 89.4 Å². The number of aryl methyl sites for hydroxylation is 2. The molecule has 0 radical (unpaired) electrons. The highest BCUT2D eigenvalue weighted by molar-refractivity contribution is 7.23. The maximum absolute atomic E-state index is 14.2. The lowest BCUT2D eigenvalue weighted by Crippen LogP contribution is -2.22. The molecule has 1 amide bonds. The van der Waals surface area contributed by atoms with Gasteiger partial charge in [-0.25, -0.2) is 4.98 Å². The van der Waals surface area contributed by atoms with Gasteiger partial charge in [0.1, 0.15) is 11.6 Å². The van der Waals surface area contributed by atoms with E-state index < -0.39 is 0 Å². The van der Waals surface area contributed by atoms with E-state index in [0.29, 0.717) is 23.3 Å². The quantitative estimate of drug-likeness (QED) is 0.181. The molecule has 1 N–H and O–H groups in total. The summed E-state index contributed by atoms with van der Waals surface area (Å²) in [5, 5.41) is 13.6. The molecule has 7 heterocycles. The average Bonchev–Trinajstić information content (AvgIpc) is 3.95. The van der Waals surface area contributed by atoms with Crippen molar-refractivity contribution in [3.8, 4) is 27.6 Å². The number of ether oxygens (including phenoxy) is 2. The minimum Gasteiger partial charge on any atom is -0.496 e. The van der Waals surface area contributed by atoms with Gasteiger partial charge in [0, 0.05) is 43.3 Å². The molecule has 2 atom stereocenters. The number of hydrogen-bond acceptors (Lipinski definition) is 10. The predicted molar refractivity (Wildman–Crippen MR) is 183 cm³/mol. The second-order valence-corrected chi connectivity index (χ2v) is 14.5. The molecular weight excluding hydrogens is 625 g/mol. The fourth-order valence-corrected chi connectivity index (χ4v) is 9.46. The van der Waals surface area contributed by atoms with Crippen molar-refractivity contribution in [2.45, 2.75) is 70.4 Å². The van der Waals surface area contributed by atoms with Gasteiger partial charge in [-0.3, -0.25) is 9.78 Å². The van der Waals surface area contributed by atoms with Crippen molar-refractivity contribution in [1.82, 2.24) is 25.1 Å². The number of hydrogen-bond donors (Lipinski definition) is 1. The first-order valence-corrected chi connectivity index (χ1v) is 18.0. The molecule has 4 aliphatic rings. The lowest BCUT2D eigenvalue weighted by molar-refractivity contribution is 0.0639. The summed E-state index contributed by atoms with van der Waals surface area (Å²) in [5.74, 6) is 3.31. The monoisotopic (exact) mass is 662 g/mol. The summed E-state index contributed by atoms with van der Waals surface area (Å²) in [6, 6.07) is 10.7. The molecule has 0 bridgehead atoms. The minimum atomic E-state index is 0.0132. The van der Waals surface area contributed by atoms with Crippen LogP contribution in [0.3, 0.4) is 0 Å². The predicted octanol–water partition coefficient (Wildman–Crippen LogP) is 7.47. The normalized spacial score (nSPS) is 20.4. The highest BCUT2D eigenvalue weighted by Crippen LogP contribution is 2.51. The van der Waals surface area contributed by atoms with Gasteiger partial charge in [-0.15, -0.1) is 21.5 Å². The van der Waals surface area contributed by atoms with Crippen LogP contribution in [0.2, 0.25) is 0 Å². The molecule has 11 heteroatoms. The summed E-state index contributed by atoms with van der Waals surface area (Å²) in [6.07, 6.45) is 9.58. The molecule has 4 aromatic heterocycles. The maximum Gasteiger partial charge on any atom is 0.257 e. The van der Waals surface area contributed by atoms with Gasteiger partial charge in [0.2, 0.25) is 11.8 Å². The van der Waals surface area contributed by atoms with Crippen LogP contribution in [0.4, 0.5) is 5.82 Å². The van der Waals surface area contributed by atoms with Gasteiger partial charge in [-0.1, -0.05) is 12.1 Å². The van der Waals surface area contributed by atoms with Crippen LogP contribution < -0.4 is 10.1 Å². The maximum atomic E-state index is 14.2. The van der Waals surface area contributed by atoms with Crippen LogP contribution in [-0.2, 0) is 17.6 Å². The van der Waals surface area contributed by atoms with E-state index in [-0.39, 0.29) is 18.0 Å².